The summed E-state index contributed by atoms with van der Waals surface area (Å²) in [6, 6.07) is 8.03. The Hall–Kier alpha value is -3.07. The molecule has 3 aromatic rings. The third-order valence-electron chi connectivity index (χ3n) is 5.74. The zero-order valence-corrected chi connectivity index (χ0v) is 16.5. The lowest BCUT2D eigenvalue weighted by molar-refractivity contribution is -0.142. The zero-order chi connectivity index (χ0) is 21.6. The number of carbonyl (C=O) groups is 1. The number of aromatic nitrogens is 2. The lowest BCUT2D eigenvalue weighted by Crippen LogP contribution is -2.31. The zero-order valence-electron chi connectivity index (χ0n) is 16.5. The van der Waals surface area contributed by atoms with Crippen LogP contribution in [0.15, 0.2) is 41.0 Å². The fourth-order valence-electron chi connectivity index (χ4n) is 4.23. The van der Waals surface area contributed by atoms with Gasteiger partial charge >= 0.3 is 6.18 Å². The maximum Gasteiger partial charge on any atom is 0.435 e. The summed E-state index contributed by atoms with van der Waals surface area (Å²) in [5.74, 6) is 0.394. The van der Waals surface area contributed by atoms with Crippen molar-refractivity contribution in [1.82, 2.24) is 15.1 Å². The predicted octanol–water partition coefficient (Wildman–Crippen LogP) is 4.16. The number of fused-ring (bicyclic) bond motifs is 3. The third-order valence-corrected chi connectivity index (χ3v) is 5.74. The van der Waals surface area contributed by atoms with Gasteiger partial charge in [-0.3, -0.25) is 4.79 Å². The summed E-state index contributed by atoms with van der Waals surface area (Å²) in [4.78, 5) is 12.4. The second kappa shape index (κ2) is 7.56. The summed E-state index contributed by atoms with van der Waals surface area (Å²) in [7, 11) is 0. The predicted molar refractivity (Wildman–Crippen MR) is 105 cm³/mol. The van der Waals surface area contributed by atoms with Gasteiger partial charge in [0.25, 0.3) is 5.91 Å². The molecule has 0 spiro atoms. The van der Waals surface area contributed by atoms with E-state index in [1.165, 1.54) is 10.9 Å². The molecule has 0 radical (unpaired) electrons. The molecule has 162 valence electrons. The van der Waals surface area contributed by atoms with E-state index in [-0.39, 0.29) is 24.0 Å². The molecule has 2 aromatic heterocycles. The molecule has 1 unspecified atom stereocenters. The minimum absolute atomic E-state index is 0.0313. The van der Waals surface area contributed by atoms with E-state index < -0.39 is 11.9 Å². The van der Waals surface area contributed by atoms with Crippen LogP contribution in [0, 0.1) is 0 Å². The SMILES string of the molecule is O=C(NCC1CCCO1)c1ccc(-n2nc(C(F)(F)F)c3c2-c2ccoc2CC3)cc1. The number of halogens is 3. The standard InChI is InChI=1S/C22H20F3N3O3/c23-22(24,25)20-17-7-8-18-16(9-11-31-18)19(17)28(27-20)14-5-3-13(4-6-14)21(29)26-12-15-2-1-10-30-15/h3-6,9,11,15H,1-2,7-8,10,12H2,(H,26,29). The van der Waals surface area contributed by atoms with Crippen molar-refractivity contribution in [3.05, 3.63) is 59.2 Å². The van der Waals surface area contributed by atoms with Crippen LogP contribution < -0.4 is 5.32 Å². The Kier molecular flexibility index (Phi) is 4.85. The van der Waals surface area contributed by atoms with E-state index in [0.29, 0.717) is 47.8 Å². The van der Waals surface area contributed by atoms with Gasteiger partial charge in [0.15, 0.2) is 5.69 Å². The number of amides is 1. The summed E-state index contributed by atoms with van der Waals surface area (Å²) in [5.41, 5.74) is 1.15. The molecule has 0 saturated carbocycles. The number of alkyl halides is 3. The summed E-state index contributed by atoms with van der Waals surface area (Å²) >= 11 is 0. The van der Waals surface area contributed by atoms with Crippen LogP contribution in [0.25, 0.3) is 16.9 Å². The highest BCUT2D eigenvalue weighted by Crippen LogP contribution is 2.42. The van der Waals surface area contributed by atoms with E-state index in [1.807, 2.05) is 0 Å². The fraction of sp³-hybridized carbons (Fsp3) is 0.364. The van der Waals surface area contributed by atoms with Gasteiger partial charge in [-0.05, 0) is 49.6 Å². The first-order chi connectivity index (χ1) is 14.9. The first-order valence-electron chi connectivity index (χ1n) is 10.2. The smallest absolute Gasteiger partial charge is 0.435 e. The van der Waals surface area contributed by atoms with E-state index in [4.69, 9.17) is 9.15 Å². The molecule has 31 heavy (non-hydrogen) atoms. The van der Waals surface area contributed by atoms with Crippen LogP contribution in [-0.4, -0.2) is 34.9 Å². The summed E-state index contributed by atoms with van der Waals surface area (Å²) < 4.78 is 53.1. The van der Waals surface area contributed by atoms with Gasteiger partial charge in [0.2, 0.25) is 0 Å². The number of nitrogens with one attached hydrogen (secondary N) is 1. The topological polar surface area (TPSA) is 69.3 Å². The van der Waals surface area contributed by atoms with Gasteiger partial charge in [-0.2, -0.15) is 18.3 Å². The average Bonchev–Trinajstić information content (AvgIpc) is 3.50. The second-order valence-corrected chi connectivity index (χ2v) is 7.73. The van der Waals surface area contributed by atoms with Crippen molar-refractivity contribution in [3.63, 3.8) is 0 Å². The number of furan rings is 1. The Morgan fingerprint density at radius 1 is 1.19 bits per heavy atom. The van der Waals surface area contributed by atoms with Crippen molar-refractivity contribution < 1.29 is 27.1 Å². The minimum atomic E-state index is -4.56. The van der Waals surface area contributed by atoms with Crippen molar-refractivity contribution in [2.45, 2.75) is 38.0 Å². The number of carbonyl (C=O) groups excluding carboxylic acids is 1. The average molecular weight is 431 g/mol. The van der Waals surface area contributed by atoms with Gasteiger partial charge in [0.1, 0.15) is 5.76 Å². The Morgan fingerprint density at radius 2 is 2.00 bits per heavy atom. The molecule has 1 aromatic carbocycles. The maximum atomic E-state index is 13.6. The Labute approximate surface area is 176 Å². The number of rotatable bonds is 4. The molecule has 1 fully saturated rings. The normalized spacial score (nSPS) is 18.0. The van der Waals surface area contributed by atoms with Crippen molar-refractivity contribution in [3.8, 4) is 16.9 Å². The summed E-state index contributed by atoms with van der Waals surface area (Å²) in [6.45, 7) is 1.15. The number of aryl methyl sites for hydroxylation is 1. The van der Waals surface area contributed by atoms with Gasteiger partial charge in [-0.25, -0.2) is 4.68 Å². The van der Waals surface area contributed by atoms with E-state index >= 15 is 0 Å². The number of ether oxygens (including phenoxy) is 1. The molecule has 1 amide bonds. The molecule has 0 bridgehead atoms. The molecule has 1 atom stereocenters. The van der Waals surface area contributed by atoms with Crippen LogP contribution in [0.3, 0.4) is 0 Å². The van der Waals surface area contributed by atoms with E-state index in [1.54, 1.807) is 30.3 Å². The Balaban J connectivity index is 1.45. The van der Waals surface area contributed by atoms with E-state index in [0.717, 1.165) is 12.8 Å². The van der Waals surface area contributed by atoms with Crippen LogP contribution in [0.4, 0.5) is 13.2 Å². The van der Waals surface area contributed by atoms with Crippen LogP contribution in [-0.2, 0) is 23.8 Å². The van der Waals surface area contributed by atoms with Crippen molar-refractivity contribution in [1.29, 1.82) is 0 Å². The largest absolute Gasteiger partial charge is 0.469 e. The minimum Gasteiger partial charge on any atom is -0.469 e. The van der Waals surface area contributed by atoms with Crippen molar-refractivity contribution in [2.75, 3.05) is 13.2 Å². The first-order valence-corrected chi connectivity index (χ1v) is 10.2. The monoisotopic (exact) mass is 431 g/mol. The molecule has 6 nitrogen and oxygen atoms in total. The maximum absolute atomic E-state index is 13.6. The Morgan fingerprint density at radius 3 is 2.71 bits per heavy atom. The highest BCUT2D eigenvalue weighted by molar-refractivity contribution is 5.94. The van der Waals surface area contributed by atoms with Gasteiger partial charge in [0, 0.05) is 36.3 Å². The first kappa shape index (κ1) is 19.9. The molecular formula is C22H20F3N3O3. The molecule has 1 saturated heterocycles. The van der Waals surface area contributed by atoms with Gasteiger partial charge < -0.3 is 14.5 Å². The van der Waals surface area contributed by atoms with E-state index in [2.05, 4.69) is 10.4 Å². The molecule has 5 rings (SSSR count). The number of benzene rings is 1. The van der Waals surface area contributed by atoms with Gasteiger partial charge in [-0.15, -0.1) is 0 Å². The second-order valence-electron chi connectivity index (χ2n) is 7.73. The van der Waals surface area contributed by atoms with Crippen LogP contribution >= 0.6 is 0 Å². The van der Waals surface area contributed by atoms with Gasteiger partial charge in [0.05, 0.1) is 23.7 Å². The molecule has 1 aliphatic heterocycles. The van der Waals surface area contributed by atoms with Crippen molar-refractivity contribution in [2.24, 2.45) is 0 Å². The Bertz CT molecular complexity index is 1110. The lowest BCUT2D eigenvalue weighted by atomic mass is 9.94. The highest BCUT2D eigenvalue weighted by atomic mass is 19.4. The number of nitrogens with zero attached hydrogens (tertiary/aromatic N) is 2. The lowest BCUT2D eigenvalue weighted by Gasteiger charge is -2.15. The number of hydrogen-bond acceptors (Lipinski definition) is 4. The highest BCUT2D eigenvalue weighted by Gasteiger charge is 2.41. The molecule has 2 aliphatic rings. The summed E-state index contributed by atoms with van der Waals surface area (Å²) in [5, 5.41) is 6.74. The summed E-state index contributed by atoms with van der Waals surface area (Å²) in [6.07, 6.45) is -0.542. The van der Waals surface area contributed by atoms with Crippen molar-refractivity contribution >= 4 is 5.91 Å². The van der Waals surface area contributed by atoms with Crippen LogP contribution in [0.2, 0.25) is 0 Å². The number of hydrogen-bond donors (Lipinski definition) is 1. The van der Waals surface area contributed by atoms with E-state index in [9.17, 15) is 18.0 Å². The van der Waals surface area contributed by atoms with Gasteiger partial charge in [-0.1, -0.05) is 0 Å². The molecular weight excluding hydrogens is 411 g/mol. The van der Waals surface area contributed by atoms with Crippen LogP contribution in [0.5, 0.6) is 0 Å². The fourth-order valence-corrected chi connectivity index (χ4v) is 4.23. The molecule has 1 N–H and O–H groups in total. The molecule has 1 aliphatic carbocycles. The molecule has 3 heterocycles. The quantitative estimate of drug-likeness (QED) is 0.674. The van der Waals surface area contributed by atoms with Crippen LogP contribution in [0.1, 0.15) is 40.2 Å². The molecule has 9 heteroatoms. The third kappa shape index (κ3) is 3.63.